The van der Waals surface area contributed by atoms with Crippen LogP contribution in [0.25, 0.3) is 21.3 Å². The Bertz CT molecular complexity index is 1210. The molecule has 1 N–H and O–H groups in total. The summed E-state index contributed by atoms with van der Waals surface area (Å²) in [5, 5.41) is 12.9. The zero-order valence-electron chi connectivity index (χ0n) is 16.7. The smallest absolute Gasteiger partial charge is 0.262 e. The average molecular weight is 423 g/mol. The molecule has 0 radical (unpaired) electrons. The number of aryl methyl sites for hydroxylation is 1. The summed E-state index contributed by atoms with van der Waals surface area (Å²) in [5.41, 5.74) is 2.65. The summed E-state index contributed by atoms with van der Waals surface area (Å²) >= 11 is 1.43. The van der Waals surface area contributed by atoms with Gasteiger partial charge in [-0.1, -0.05) is 24.3 Å². The molecule has 0 bridgehead atoms. The summed E-state index contributed by atoms with van der Waals surface area (Å²) in [4.78, 5) is 18.2. The van der Waals surface area contributed by atoms with E-state index in [2.05, 4.69) is 4.98 Å². The number of aromatic nitrogens is 2. The Hall–Kier alpha value is -3.16. The lowest BCUT2D eigenvalue weighted by Gasteiger charge is -2.14. The van der Waals surface area contributed by atoms with Crippen LogP contribution in [0.3, 0.4) is 0 Å². The van der Waals surface area contributed by atoms with Crippen molar-refractivity contribution in [2.24, 2.45) is 0 Å². The van der Waals surface area contributed by atoms with E-state index in [1.165, 1.54) is 22.2 Å². The fourth-order valence-corrected chi connectivity index (χ4v) is 4.16. The lowest BCUT2D eigenvalue weighted by atomic mass is 10.1. The van der Waals surface area contributed by atoms with Gasteiger partial charge < -0.3 is 14.6 Å². The Labute approximate surface area is 178 Å². The highest BCUT2D eigenvalue weighted by atomic mass is 32.1. The van der Waals surface area contributed by atoms with E-state index in [9.17, 15) is 9.90 Å². The Morgan fingerprint density at radius 1 is 1.17 bits per heavy atom. The molecule has 0 fully saturated rings. The van der Waals surface area contributed by atoms with Gasteiger partial charge in [-0.3, -0.25) is 9.36 Å². The molecule has 2 heterocycles. The number of nitrogens with zero attached hydrogens (tertiary/aromatic N) is 2. The molecule has 4 aromatic rings. The second-order valence-corrected chi connectivity index (χ2v) is 7.90. The maximum absolute atomic E-state index is 13.1. The number of fused-ring (bicyclic) bond motifs is 1. The summed E-state index contributed by atoms with van der Waals surface area (Å²) in [7, 11) is 1.62. The maximum atomic E-state index is 13.1. The minimum Gasteiger partial charge on any atom is -0.497 e. The molecule has 0 aliphatic heterocycles. The van der Waals surface area contributed by atoms with Crippen LogP contribution in [0, 0.1) is 6.92 Å². The van der Waals surface area contributed by atoms with E-state index >= 15 is 0 Å². The van der Waals surface area contributed by atoms with E-state index in [0.717, 1.165) is 22.4 Å². The van der Waals surface area contributed by atoms with Crippen molar-refractivity contribution in [2.45, 2.75) is 19.6 Å². The van der Waals surface area contributed by atoms with Crippen molar-refractivity contribution in [3.63, 3.8) is 0 Å². The summed E-state index contributed by atoms with van der Waals surface area (Å²) in [6.07, 6.45) is 0.639. The minimum absolute atomic E-state index is 0.0862. The first-order valence-electron chi connectivity index (χ1n) is 9.54. The first-order chi connectivity index (χ1) is 14.5. The van der Waals surface area contributed by atoms with Gasteiger partial charge in [-0.25, -0.2) is 4.98 Å². The summed E-state index contributed by atoms with van der Waals surface area (Å²) < 4.78 is 12.3. The number of ether oxygens (including phenoxy) is 2. The first kappa shape index (κ1) is 20.1. The fraction of sp³-hybridized carbons (Fsp3) is 0.217. The number of aliphatic hydroxyl groups is 1. The standard InChI is InChI=1S/C23H22N2O4S/c1-15-4-3-5-19(10-15)29-12-17(26)11-25-14-24-22-21(23(25)27)20(13-30-22)16-6-8-18(28-2)9-7-16/h3-10,13-14,17,26H,11-12H2,1-2H3. The van der Waals surface area contributed by atoms with Crippen LogP contribution in [-0.4, -0.2) is 34.5 Å². The van der Waals surface area contributed by atoms with Crippen molar-refractivity contribution in [1.82, 2.24) is 9.55 Å². The van der Waals surface area contributed by atoms with Crippen LogP contribution < -0.4 is 15.0 Å². The number of hydrogen-bond acceptors (Lipinski definition) is 6. The van der Waals surface area contributed by atoms with E-state index in [0.29, 0.717) is 16.0 Å². The van der Waals surface area contributed by atoms with Crippen molar-refractivity contribution in [1.29, 1.82) is 0 Å². The average Bonchev–Trinajstić information content (AvgIpc) is 3.19. The molecule has 4 rings (SSSR count). The Kier molecular flexibility index (Phi) is 5.83. The lowest BCUT2D eigenvalue weighted by molar-refractivity contribution is 0.0914. The second kappa shape index (κ2) is 8.69. The third kappa shape index (κ3) is 4.22. The highest BCUT2D eigenvalue weighted by molar-refractivity contribution is 7.17. The van der Waals surface area contributed by atoms with Gasteiger partial charge >= 0.3 is 0 Å². The molecule has 7 heteroatoms. The van der Waals surface area contributed by atoms with Gasteiger partial charge in [-0.2, -0.15) is 0 Å². The number of rotatable bonds is 7. The predicted octanol–water partition coefficient (Wildman–Crippen LogP) is 3.88. The molecule has 0 amide bonds. The van der Waals surface area contributed by atoms with Gasteiger partial charge in [0.25, 0.3) is 5.56 Å². The zero-order valence-corrected chi connectivity index (χ0v) is 17.6. The Morgan fingerprint density at radius 2 is 1.97 bits per heavy atom. The van der Waals surface area contributed by atoms with Crippen molar-refractivity contribution in [3.05, 3.63) is 76.2 Å². The van der Waals surface area contributed by atoms with E-state index in [-0.39, 0.29) is 18.7 Å². The summed E-state index contributed by atoms with van der Waals surface area (Å²) in [6.45, 7) is 2.17. The van der Waals surface area contributed by atoms with Crippen LogP contribution in [0.1, 0.15) is 5.56 Å². The van der Waals surface area contributed by atoms with Crippen LogP contribution in [0.15, 0.2) is 65.0 Å². The summed E-state index contributed by atoms with van der Waals surface area (Å²) in [5.74, 6) is 1.44. The number of thiophene rings is 1. The Morgan fingerprint density at radius 3 is 2.70 bits per heavy atom. The van der Waals surface area contributed by atoms with E-state index in [1.807, 2.05) is 60.8 Å². The third-order valence-electron chi connectivity index (χ3n) is 4.80. The number of benzene rings is 2. The van der Waals surface area contributed by atoms with Crippen molar-refractivity contribution < 1.29 is 14.6 Å². The second-order valence-electron chi connectivity index (χ2n) is 7.04. The zero-order chi connectivity index (χ0) is 21.1. The normalized spacial score (nSPS) is 12.1. The monoisotopic (exact) mass is 422 g/mol. The van der Waals surface area contributed by atoms with Gasteiger partial charge in [0.05, 0.1) is 25.4 Å². The van der Waals surface area contributed by atoms with Crippen molar-refractivity contribution >= 4 is 21.6 Å². The van der Waals surface area contributed by atoms with Crippen LogP contribution in [0.5, 0.6) is 11.5 Å². The van der Waals surface area contributed by atoms with Gasteiger partial charge in [0.2, 0.25) is 0 Å². The number of methoxy groups -OCH3 is 1. The molecule has 2 aromatic heterocycles. The molecular weight excluding hydrogens is 400 g/mol. The lowest BCUT2D eigenvalue weighted by Crippen LogP contribution is -2.30. The highest BCUT2D eigenvalue weighted by Gasteiger charge is 2.15. The van der Waals surface area contributed by atoms with Gasteiger partial charge in [0.1, 0.15) is 29.0 Å². The van der Waals surface area contributed by atoms with Gasteiger partial charge in [-0.15, -0.1) is 11.3 Å². The molecular formula is C23H22N2O4S. The molecule has 6 nitrogen and oxygen atoms in total. The van der Waals surface area contributed by atoms with Gasteiger partial charge in [-0.05, 0) is 42.3 Å². The molecule has 0 aliphatic rings. The quantitative estimate of drug-likeness (QED) is 0.489. The SMILES string of the molecule is COc1ccc(-c2csc3ncn(CC(O)COc4cccc(C)c4)c(=O)c23)cc1. The van der Waals surface area contributed by atoms with Crippen LogP contribution in [-0.2, 0) is 6.54 Å². The topological polar surface area (TPSA) is 73.6 Å². The van der Waals surface area contributed by atoms with Gasteiger partial charge in [0, 0.05) is 10.9 Å². The fourth-order valence-electron chi connectivity index (χ4n) is 3.26. The molecule has 0 spiro atoms. The van der Waals surface area contributed by atoms with Crippen LogP contribution in [0.2, 0.25) is 0 Å². The molecule has 30 heavy (non-hydrogen) atoms. The molecule has 0 aliphatic carbocycles. The highest BCUT2D eigenvalue weighted by Crippen LogP contribution is 2.31. The molecule has 1 unspecified atom stereocenters. The Balaban J connectivity index is 1.56. The number of hydrogen-bond donors (Lipinski definition) is 1. The van der Waals surface area contributed by atoms with Gasteiger partial charge in [0.15, 0.2) is 0 Å². The minimum atomic E-state index is -0.842. The molecule has 0 saturated heterocycles. The van der Waals surface area contributed by atoms with Crippen LogP contribution >= 0.6 is 11.3 Å². The molecule has 1 atom stereocenters. The first-order valence-corrected chi connectivity index (χ1v) is 10.4. The van der Waals surface area contributed by atoms with E-state index in [4.69, 9.17) is 9.47 Å². The van der Waals surface area contributed by atoms with E-state index < -0.39 is 6.10 Å². The van der Waals surface area contributed by atoms with Crippen molar-refractivity contribution in [2.75, 3.05) is 13.7 Å². The largest absolute Gasteiger partial charge is 0.497 e. The molecule has 2 aromatic carbocycles. The predicted molar refractivity (Wildman–Crippen MR) is 119 cm³/mol. The number of aliphatic hydroxyl groups excluding tert-OH is 1. The van der Waals surface area contributed by atoms with Crippen LogP contribution in [0.4, 0.5) is 0 Å². The molecule has 154 valence electrons. The third-order valence-corrected chi connectivity index (χ3v) is 5.69. The summed E-state index contributed by atoms with van der Waals surface area (Å²) in [6, 6.07) is 15.2. The van der Waals surface area contributed by atoms with E-state index in [1.54, 1.807) is 7.11 Å². The maximum Gasteiger partial charge on any atom is 0.262 e. The van der Waals surface area contributed by atoms with Crippen molar-refractivity contribution in [3.8, 4) is 22.6 Å². The molecule has 0 saturated carbocycles.